The molecule has 0 aliphatic heterocycles. The summed E-state index contributed by atoms with van der Waals surface area (Å²) in [5.41, 5.74) is 5.20. The van der Waals surface area contributed by atoms with Crippen LogP contribution in [0.2, 0.25) is 5.02 Å². The van der Waals surface area contributed by atoms with Crippen molar-refractivity contribution in [2.24, 2.45) is 0 Å². The predicted octanol–water partition coefficient (Wildman–Crippen LogP) is 5.00. The van der Waals surface area contributed by atoms with Crippen LogP contribution in [0.1, 0.15) is 35.2 Å². The molecule has 102 valence electrons. The molecule has 1 N–H and O–H groups in total. The number of aryl methyl sites for hydroxylation is 2. The normalized spacial score (nSPS) is 11.8. The molecule has 2 rings (SSSR count). The number of nitrogens with one attached hydrogen (secondary N) is 1. The first-order valence-corrected chi connectivity index (χ1v) is 6.92. The van der Waals surface area contributed by atoms with Gasteiger partial charge in [-0.3, -0.25) is 0 Å². The van der Waals surface area contributed by atoms with Gasteiger partial charge in [0.25, 0.3) is 0 Å². The lowest BCUT2D eigenvalue weighted by molar-refractivity contribution is 0.882. The Balaban J connectivity index is 2.21. The minimum absolute atomic E-state index is 0.153. The molecule has 2 aromatic carbocycles. The van der Waals surface area contributed by atoms with Crippen molar-refractivity contribution in [3.8, 4) is 6.07 Å². The Morgan fingerprint density at radius 2 is 1.85 bits per heavy atom. The van der Waals surface area contributed by atoms with Crippen LogP contribution in [0.4, 0.5) is 5.69 Å². The lowest BCUT2D eigenvalue weighted by Crippen LogP contribution is -2.07. The van der Waals surface area contributed by atoms with Crippen molar-refractivity contribution in [2.75, 3.05) is 5.32 Å². The number of nitrogens with zero attached hydrogens (tertiary/aromatic N) is 1. The molecule has 3 heteroatoms. The van der Waals surface area contributed by atoms with Crippen LogP contribution < -0.4 is 5.32 Å². The van der Waals surface area contributed by atoms with Crippen LogP contribution in [0.15, 0.2) is 36.4 Å². The fourth-order valence-electron chi connectivity index (χ4n) is 2.05. The van der Waals surface area contributed by atoms with Gasteiger partial charge in [-0.15, -0.1) is 0 Å². The Labute approximate surface area is 125 Å². The van der Waals surface area contributed by atoms with Gasteiger partial charge < -0.3 is 5.32 Å². The maximum absolute atomic E-state index is 8.84. The number of benzene rings is 2. The monoisotopic (exact) mass is 284 g/mol. The highest BCUT2D eigenvalue weighted by atomic mass is 35.5. The lowest BCUT2D eigenvalue weighted by atomic mass is 10.0. The van der Waals surface area contributed by atoms with Crippen LogP contribution in [0.3, 0.4) is 0 Å². The average molecular weight is 285 g/mol. The fourth-order valence-corrected chi connectivity index (χ4v) is 2.29. The molecule has 0 aliphatic carbocycles. The Bertz CT molecular complexity index is 671. The van der Waals surface area contributed by atoms with E-state index in [4.69, 9.17) is 16.9 Å². The first-order valence-electron chi connectivity index (χ1n) is 6.54. The smallest absolute Gasteiger partial charge is 0.0992 e. The van der Waals surface area contributed by atoms with Crippen LogP contribution in [0, 0.1) is 25.2 Å². The Morgan fingerprint density at radius 1 is 1.10 bits per heavy atom. The van der Waals surface area contributed by atoms with Crippen molar-refractivity contribution in [1.82, 2.24) is 0 Å². The second kappa shape index (κ2) is 5.98. The maximum atomic E-state index is 8.84. The molecule has 0 heterocycles. The maximum Gasteiger partial charge on any atom is 0.0992 e. The van der Waals surface area contributed by atoms with E-state index in [1.807, 2.05) is 6.07 Å². The molecule has 1 unspecified atom stereocenters. The SMILES string of the molecule is Cc1ccc(C(C)Nc2ccc(C#N)cc2Cl)cc1C. The number of hydrogen-bond donors (Lipinski definition) is 1. The van der Waals surface area contributed by atoms with E-state index in [9.17, 15) is 0 Å². The predicted molar refractivity (Wildman–Crippen MR) is 84.1 cm³/mol. The third kappa shape index (κ3) is 3.12. The van der Waals surface area contributed by atoms with Crippen molar-refractivity contribution >= 4 is 17.3 Å². The van der Waals surface area contributed by atoms with Crippen molar-refractivity contribution in [2.45, 2.75) is 26.8 Å². The van der Waals surface area contributed by atoms with Crippen LogP contribution in [-0.2, 0) is 0 Å². The van der Waals surface area contributed by atoms with Crippen LogP contribution >= 0.6 is 11.6 Å². The molecule has 0 bridgehead atoms. The topological polar surface area (TPSA) is 35.8 Å². The Hall–Kier alpha value is -1.98. The summed E-state index contributed by atoms with van der Waals surface area (Å²) < 4.78 is 0. The summed E-state index contributed by atoms with van der Waals surface area (Å²) in [6.07, 6.45) is 0. The summed E-state index contributed by atoms with van der Waals surface area (Å²) in [5.74, 6) is 0. The third-order valence-electron chi connectivity index (χ3n) is 3.50. The summed E-state index contributed by atoms with van der Waals surface area (Å²) in [5, 5.41) is 12.8. The largest absolute Gasteiger partial charge is 0.377 e. The van der Waals surface area contributed by atoms with E-state index in [2.05, 4.69) is 50.4 Å². The molecule has 20 heavy (non-hydrogen) atoms. The molecule has 0 aromatic heterocycles. The molecule has 0 aliphatic rings. The quantitative estimate of drug-likeness (QED) is 0.861. The van der Waals surface area contributed by atoms with E-state index < -0.39 is 0 Å². The minimum atomic E-state index is 0.153. The molecule has 0 saturated carbocycles. The van der Waals surface area contributed by atoms with E-state index in [-0.39, 0.29) is 6.04 Å². The van der Waals surface area contributed by atoms with Gasteiger partial charge in [-0.25, -0.2) is 0 Å². The zero-order valence-corrected chi connectivity index (χ0v) is 12.6. The summed E-state index contributed by atoms with van der Waals surface area (Å²) in [6, 6.07) is 14.0. The van der Waals surface area contributed by atoms with Gasteiger partial charge in [0.15, 0.2) is 0 Å². The van der Waals surface area contributed by atoms with E-state index in [0.717, 1.165) is 5.69 Å². The second-order valence-corrected chi connectivity index (χ2v) is 5.42. The van der Waals surface area contributed by atoms with Crippen molar-refractivity contribution in [1.29, 1.82) is 5.26 Å². The minimum Gasteiger partial charge on any atom is -0.377 e. The molecule has 0 saturated heterocycles. The van der Waals surface area contributed by atoms with Gasteiger partial charge >= 0.3 is 0 Å². The first-order chi connectivity index (χ1) is 9.51. The standard InChI is InChI=1S/C17H17ClN2/c1-11-4-6-15(8-12(11)2)13(3)20-17-7-5-14(10-19)9-16(17)18/h4-9,13,20H,1-3H3. The summed E-state index contributed by atoms with van der Waals surface area (Å²) in [7, 11) is 0. The molecular weight excluding hydrogens is 268 g/mol. The molecule has 0 spiro atoms. The van der Waals surface area contributed by atoms with Gasteiger partial charge in [0.1, 0.15) is 0 Å². The molecule has 2 nitrogen and oxygen atoms in total. The van der Waals surface area contributed by atoms with E-state index >= 15 is 0 Å². The van der Waals surface area contributed by atoms with Gasteiger partial charge in [-0.2, -0.15) is 5.26 Å². The highest BCUT2D eigenvalue weighted by molar-refractivity contribution is 6.33. The Morgan fingerprint density at radius 3 is 2.45 bits per heavy atom. The van der Waals surface area contributed by atoms with Crippen molar-refractivity contribution in [3.05, 3.63) is 63.7 Å². The van der Waals surface area contributed by atoms with Crippen molar-refractivity contribution in [3.63, 3.8) is 0 Å². The number of rotatable bonds is 3. The number of nitriles is 1. The highest BCUT2D eigenvalue weighted by Crippen LogP contribution is 2.27. The molecule has 0 fully saturated rings. The fraction of sp³-hybridized carbons (Fsp3) is 0.235. The van der Waals surface area contributed by atoms with Gasteiger partial charge in [0, 0.05) is 6.04 Å². The van der Waals surface area contributed by atoms with E-state index in [1.54, 1.807) is 12.1 Å². The first kappa shape index (κ1) is 14.4. The number of hydrogen-bond acceptors (Lipinski definition) is 2. The molecular formula is C17H17ClN2. The summed E-state index contributed by atoms with van der Waals surface area (Å²) >= 11 is 6.18. The zero-order valence-electron chi connectivity index (χ0n) is 11.9. The van der Waals surface area contributed by atoms with Gasteiger partial charge in [-0.05, 0) is 55.7 Å². The van der Waals surface area contributed by atoms with Gasteiger partial charge in [0.2, 0.25) is 0 Å². The van der Waals surface area contributed by atoms with Crippen LogP contribution in [-0.4, -0.2) is 0 Å². The van der Waals surface area contributed by atoms with Crippen LogP contribution in [0.25, 0.3) is 0 Å². The van der Waals surface area contributed by atoms with Crippen LogP contribution in [0.5, 0.6) is 0 Å². The zero-order chi connectivity index (χ0) is 14.7. The average Bonchev–Trinajstić information content (AvgIpc) is 2.43. The number of anilines is 1. The van der Waals surface area contributed by atoms with Crippen molar-refractivity contribution < 1.29 is 0 Å². The molecule has 1 atom stereocenters. The molecule has 2 aromatic rings. The summed E-state index contributed by atoms with van der Waals surface area (Å²) in [4.78, 5) is 0. The van der Waals surface area contributed by atoms with E-state index in [0.29, 0.717) is 10.6 Å². The van der Waals surface area contributed by atoms with E-state index in [1.165, 1.54) is 16.7 Å². The highest BCUT2D eigenvalue weighted by Gasteiger charge is 2.09. The third-order valence-corrected chi connectivity index (χ3v) is 3.81. The lowest BCUT2D eigenvalue weighted by Gasteiger charge is -2.18. The second-order valence-electron chi connectivity index (χ2n) is 5.02. The Kier molecular flexibility index (Phi) is 4.32. The van der Waals surface area contributed by atoms with Gasteiger partial charge in [-0.1, -0.05) is 29.8 Å². The molecule has 0 amide bonds. The summed E-state index contributed by atoms with van der Waals surface area (Å²) in [6.45, 7) is 6.31. The van der Waals surface area contributed by atoms with Gasteiger partial charge in [0.05, 0.1) is 22.3 Å². The number of halogens is 1. The molecule has 0 radical (unpaired) electrons.